The highest BCUT2D eigenvalue weighted by atomic mass is 16.5. The second-order valence-electron chi connectivity index (χ2n) is 5.98. The number of carbonyl (C=O) groups excluding carboxylic acids is 2. The number of carbonyl (C=O) groups is 2. The van der Waals surface area contributed by atoms with Crippen LogP contribution in [0.3, 0.4) is 0 Å². The highest BCUT2D eigenvalue weighted by molar-refractivity contribution is 6.17. The van der Waals surface area contributed by atoms with Crippen molar-refractivity contribution in [1.29, 1.82) is 0 Å². The summed E-state index contributed by atoms with van der Waals surface area (Å²) in [5.74, 6) is -0.457. The van der Waals surface area contributed by atoms with Crippen LogP contribution in [0.5, 0.6) is 0 Å². The maximum Gasteiger partial charge on any atom is 0.338 e. The van der Waals surface area contributed by atoms with Crippen LogP contribution >= 0.6 is 0 Å². The van der Waals surface area contributed by atoms with E-state index in [1.54, 1.807) is 35.8 Å². The molecule has 0 spiro atoms. The maximum absolute atomic E-state index is 13.1. The first-order valence-electron chi connectivity index (χ1n) is 8.51. The van der Waals surface area contributed by atoms with Crippen LogP contribution in [0.25, 0.3) is 21.8 Å². The van der Waals surface area contributed by atoms with Crippen LogP contribution in [-0.2, 0) is 4.74 Å². The van der Waals surface area contributed by atoms with Crippen molar-refractivity contribution in [3.8, 4) is 0 Å². The molecule has 0 aliphatic rings. The van der Waals surface area contributed by atoms with Gasteiger partial charge >= 0.3 is 5.97 Å². The van der Waals surface area contributed by atoms with Gasteiger partial charge in [0, 0.05) is 16.3 Å². The molecule has 0 amide bonds. The Balaban J connectivity index is 1.97. The number of ether oxygens (including phenoxy) is 1. The lowest BCUT2D eigenvalue weighted by atomic mass is 10.1. The van der Waals surface area contributed by atoms with Gasteiger partial charge in [-0.15, -0.1) is 0 Å². The van der Waals surface area contributed by atoms with Crippen LogP contribution in [0, 0.1) is 0 Å². The Morgan fingerprint density at radius 1 is 0.808 bits per heavy atom. The fourth-order valence-electron chi connectivity index (χ4n) is 3.24. The molecule has 4 aromatic rings. The molecule has 4 rings (SSSR count). The number of esters is 1. The van der Waals surface area contributed by atoms with Crippen molar-refractivity contribution >= 4 is 33.7 Å². The van der Waals surface area contributed by atoms with Gasteiger partial charge < -0.3 is 4.74 Å². The minimum absolute atomic E-state index is 0.0966. The van der Waals surface area contributed by atoms with Crippen LogP contribution in [0.15, 0.2) is 72.8 Å². The predicted molar refractivity (Wildman–Crippen MR) is 102 cm³/mol. The minimum Gasteiger partial charge on any atom is -0.462 e. The van der Waals surface area contributed by atoms with E-state index >= 15 is 0 Å². The minimum atomic E-state index is -0.361. The van der Waals surface area contributed by atoms with Gasteiger partial charge in [0.1, 0.15) is 0 Å². The van der Waals surface area contributed by atoms with Crippen molar-refractivity contribution in [3.63, 3.8) is 0 Å². The number of para-hydroxylation sites is 1. The molecular weight excluding hydrogens is 326 g/mol. The van der Waals surface area contributed by atoms with Gasteiger partial charge in [0.25, 0.3) is 5.91 Å². The van der Waals surface area contributed by atoms with Gasteiger partial charge in [-0.2, -0.15) is 0 Å². The molecule has 1 heterocycles. The number of hydrogen-bond acceptors (Lipinski definition) is 3. The Morgan fingerprint density at radius 2 is 1.50 bits per heavy atom. The molecule has 0 atom stereocenters. The highest BCUT2D eigenvalue weighted by Crippen LogP contribution is 2.30. The van der Waals surface area contributed by atoms with E-state index < -0.39 is 0 Å². The van der Waals surface area contributed by atoms with Crippen molar-refractivity contribution in [2.24, 2.45) is 0 Å². The SMILES string of the molecule is CCOC(=O)c1ccc2c(c1)c1ccccc1n2C(=O)c1ccccc1. The molecule has 0 aliphatic heterocycles. The van der Waals surface area contributed by atoms with Gasteiger partial charge in [-0.3, -0.25) is 9.36 Å². The third-order valence-electron chi connectivity index (χ3n) is 4.41. The second-order valence-corrected chi connectivity index (χ2v) is 5.98. The number of fused-ring (bicyclic) bond motifs is 3. The van der Waals surface area contributed by atoms with Gasteiger partial charge in [-0.05, 0) is 43.3 Å². The fourth-order valence-corrected chi connectivity index (χ4v) is 3.24. The van der Waals surface area contributed by atoms with E-state index in [9.17, 15) is 9.59 Å². The first kappa shape index (κ1) is 16.1. The Bertz CT molecular complexity index is 1130. The summed E-state index contributed by atoms with van der Waals surface area (Å²) >= 11 is 0. The van der Waals surface area contributed by atoms with E-state index in [2.05, 4.69) is 0 Å². The first-order valence-corrected chi connectivity index (χ1v) is 8.51. The van der Waals surface area contributed by atoms with E-state index in [0.717, 1.165) is 21.8 Å². The zero-order valence-corrected chi connectivity index (χ0v) is 14.3. The molecular formula is C22H17NO3. The fraction of sp³-hybridized carbons (Fsp3) is 0.0909. The summed E-state index contributed by atoms with van der Waals surface area (Å²) in [6, 6.07) is 22.2. The summed E-state index contributed by atoms with van der Waals surface area (Å²) in [5, 5.41) is 1.79. The van der Waals surface area contributed by atoms with Gasteiger partial charge in [0.2, 0.25) is 0 Å². The van der Waals surface area contributed by atoms with Gasteiger partial charge in [0.05, 0.1) is 23.2 Å². The lowest BCUT2D eigenvalue weighted by Gasteiger charge is -2.06. The number of rotatable bonds is 3. The van der Waals surface area contributed by atoms with E-state index in [1.807, 2.05) is 48.5 Å². The first-order chi connectivity index (χ1) is 12.7. The van der Waals surface area contributed by atoms with E-state index in [-0.39, 0.29) is 11.9 Å². The summed E-state index contributed by atoms with van der Waals surface area (Å²) in [5.41, 5.74) is 2.68. The van der Waals surface area contributed by atoms with Gasteiger partial charge in [-0.25, -0.2) is 4.79 Å². The molecule has 0 saturated carbocycles. The third kappa shape index (κ3) is 2.56. The number of aromatic nitrogens is 1. The molecule has 0 radical (unpaired) electrons. The zero-order valence-electron chi connectivity index (χ0n) is 14.3. The van der Waals surface area contributed by atoms with Crippen LogP contribution in [-0.4, -0.2) is 23.1 Å². The lowest BCUT2D eigenvalue weighted by molar-refractivity contribution is 0.0526. The van der Waals surface area contributed by atoms with Gasteiger partial charge in [-0.1, -0.05) is 36.4 Å². The monoisotopic (exact) mass is 343 g/mol. The molecule has 4 nitrogen and oxygen atoms in total. The van der Waals surface area contributed by atoms with Crippen LogP contribution < -0.4 is 0 Å². The maximum atomic E-state index is 13.1. The normalized spacial score (nSPS) is 11.0. The average molecular weight is 343 g/mol. The summed E-state index contributed by atoms with van der Waals surface area (Å²) in [7, 11) is 0. The average Bonchev–Trinajstić information content (AvgIpc) is 3.02. The summed E-state index contributed by atoms with van der Waals surface area (Å²) in [6.45, 7) is 2.10. The standard InChI is InChI=1S/C22H17NO3/c1-2-26-22(25)16-12-13-20-18(14-16)17-10-6-7-11-19(17)23(20)21(24)15-8-4-3-5-9-15/h3-14H,2H2,1H3. The van der Waals surface area contributed by atoms with Gasteiger partial charge in [0.15, 0.2) is 0 Å². The zero-order chi connectivity index (χ0) is 18.1. The van der Waals surface area contributed by atoms with E-state index in [1.165, 1.54) is 0 Å². The molecule has 0 unspecified atom stereocenters. The molecule has 3 aromatic carbocycles. The summed E-state index contributed by atoms with van der Waals surface area (Å²) < 4.78 is 6.80. The quantitative estimate of drug-likeness (QED) is 0.508. The second kappa shape index (κ2) is 6.48. The molecule has 4 heteroatoms. The van der Waals surface area contributed by atoms with Crippen LogP contribution in [0.4, 0.5) is 0 Å². The van der Waals surface area contributed by atoms with Crippen LogP contribution in [0.1, 0.15) is 27.6 Å². The third-order valence-corrected chi connectivity index (χ3v) is 4.41. The van der Waals surface area contributed by atoms with Crippen molar-refractivity contribution in [2.75, 3.05) is 6.61 Å². The van der Waals surface area contributed by atoms with Crippen molar-refractivity contribution in [2.45, 2.75) is 6.92 Å². The smallest absolute Gasteiger partial charge is 0.338 e. The number of hydrogen-bond donors (Lipinski definition) is 0. The van der Waals surface area contributed by atoms with Crippen molar-refractivity contribution < 1.29 is 14.3 Å². The van der Waals surface area contributed by atoms with Crippen molar-refractivity contribution in [3.05, 3.63) is 83.9 Å². The largest absolute Gasteiger partial charge is 0.462 e. The molecule has 128 valence electrons. The van der Waals surface area contributed by atoms with E-state index in [0.29, 0.717) is 17.7 Å². The Hall–Kier alpha value is -3.40. The Kier molecular flexibility index (Phi) is 4.01. The number of nitrogens with zero attached hydrogens (tertiary/aromatic N) is 1. The topological polar surface area (TPSA) is 48.3 Å². The molecule has 0 N–H and O–H groups in total. The molecule has 0 aliphatic carbocycles. The van der Waals surface area contributed by atoms with Crippen molar-refractivity contribution in [1.82, 2.24) is 4.57 Å². The molecule has 1 aromatic heterocycles. The van der Waals surface area contributed by atoms with E-state index in [4.69, 9.17) is 4.74 Å². The number of benzene rings is 3. The molecule has 26 heavy (non-hydrogen) atoms. The predicted octanol–water partition coefficient (Wildman–Crippen LogP) is 4.66. The Labute approximate surface area is 150 Å². The van der Waals surface area contributed by atoms with Crippen LogP contribution in [0.2, 0.25) is 0 Å². The summed E-state index contributed by atoms with van der Waals surface area (Å²) in [4.78, 5) is 25.2. The molecule has 0 fully saturated rings. The Morgan fingerprint density at radius 3 is 2.27 bits per heavy atom. The molecule has 0 saturated heterocycles. The highest BCUT2D eigenvalue weighted by Gasteiger charge is 2.18. The summed E-state index contributed by atoms with van der Waals surface area (Å²) in [6.07, 6.45) is 0. The molecule has 0 bridgehead atoms. The lowest BCUT2D eigenvalue weighted by Crippen LogP contribution is -2.11.